The Balaban J connectivity index is 1.30. The second-order valence-corrected chi connectivity index (χ2v) is 8.28. The summed E-state index contributed by atoms with van der Waals surface area (Å²) < 4.78 is 51.1. The molecule has 0 spiro atoms. The van der Waals surface area contributed by atoms with Gasteiger partial charge >= 0.3 is 18.0 Å². The molecule has 1 aromatic heterocycles. The van der Waals surface area contributed by atoms with Gasteiger partial charge < -0.3 is 20.1 Å². The third-order valence-electron chi connectivity index (χ3n) is 5.59. The highest BCUT2D eigenvalue weighted by atomic mass is 19.2. The molecule has 0 saturated heterocycles. The lowest BCUT2D eigenvalue weighted by atomic mass is 9.95. The van der Waals surface area contributed by atoms with Gasteiger partial charge in [0.05, 0.1) is 5.69 Å². The number of nitrogens with one attached hydrogen (secondary N) is 2. The number of rotatable bonds is 6. The van der Waals surface area contributed by atoms with Gasteiger partial charge in [0.15, 0.2) is 11.6 Å². The Morgan fingerprint density at radius 2 is 1.44 bits per heavy atom. The molecule has 1 aliphatic carbocycles. The molecule has 1 heterocycles. The minimum Gasteiger partial charge on any atom is -0.463 e. The van der Waals surface area contributed by atoms with Gasteiger partial charge in [0.1, 0.15) is 18.0 Å². The van der Waals surface area contributed by atoms with Crippen LogP contribution in [0.2, 0.25) is 0 Å². The number of urea groups is 1. The highest BCUT2D eigenvalue weighted by Crippen LogP contribution is 2.26. The largest absolute Gasteiger partial charge is 0.463 e. The number of carbonyl (C=O) groups excluding carboxylic acids is 2. The first-order valence-electron chi connectivity index (χ1n) is 11.3. The summed E-state index contributed by atoms with van der Waals surface area (Å²) in [6.07, 6.45) is 6.08. The Morgan fingerprint density at radius 3 is 2.08 bits per heavy atom. The van der Waals surface area contributed by atoms with Gasteiger partial charge in [-0.2, -0.15) is 0 Å². The van der Waals surface area contributed by atoms with Crippen LogP contribution in [-0.2, 0) is 9.53 Å². The first-order valence-corrected chi connectivity index (χ1v) is 11.3. The zero-order chi connectivity index (χ0) is 25.7. The van der Waals surface area contributed by atoms with E-state index >= 15 is 0 Å². The second kappa shape index (κ2) is 11.1. The smallest absolute Gasteiger partial charge is 0.323 e. The molecule has 2 amide bonds. The normalized spacial score (nSPS) is 17.2. The lowest BCUT2D eigenvalue weighted by Gasteiger charge is -2.27. The lowest BCUT2D eigenvalue weighted by Crippen LogP contribution is -2.29. The molecule has 2 N–H and O–H groups in total. The summed E-state index contributed by atoms with van der Waals surface area (Å²) in [6.45, 7) is 1.40. The summed E-state index contributed by atoms with van der Waals surface area (Å²) in [4.78, 5) is 31.7. The maximum Gasteiger partial charge on any atom is 0.323 e. The third-order valence-corrected chi connectivity index (χ3v) is 5.59. The molecule has 4 rings (SSSR count). The maximum atomic E-state index is 13.7. The molecule has 0 bridgehead atoms. The van der Waals surface area contributed by atoms with Gasteiger partial charge in [0.25, 0.3) is 0 Å². The Morgan fingerprint density at radius 1 is 0.833 bits per heavy atom. The zero-order valence-corrected chi connectivity index (χ0v) is 19.3. The molecule has 0 unspecified atom stereocenters. The van der Waals surface area contributed by atoms with Crippen molar-refractivity contribution in [2.24, 2.45) is 0 Å². The van der Waals surface area contributed by atoms with Crippen LogP contribution in [0.3, 0.4) is 0 Å². The second-order valence-electron chi connectivity index (χ2n) is 8.28. The van der Waals surface area contributed by atoms with Crippen molar-refractivity contribution < 1.29 is 32.2 Å². The Labute approximate surface area is 204 Å². The molecule has 11 heteroatoms. The average Bonchev–Trinajstić information content (AvgIpc) is 2.84. The van der Waals surface area contributed by atoms with Crippen LogP contribution in [0.4, 0.5) is 29.3 Å². The number of amides is 2. The number of esters is 1. The summed E-state index contributed by atoms with van der Waals surface area (Å²) >= 11 is 0. The number of carbonyl (C=O) groups is 2. The zero-order valence-electron chi connectivity index (χ0n) is 19.3. The van der Waals surface area contributed by atoms with Crippen LogP contribution in [0.5, 0.6) is 6.01 Å². The number of aromatic nitrogens is 2. The number of anilines is 2. The standard InChI is InChI=1S/C25H23F3N4O4/c1-14(33)35-18-6-8-19(9-7-18)36-25-29-12-16(13-30-25)15-2-4-17(5-3-15)31-24(34)32-23-11-21(27)20(26)10-22(23)28/h2-5,10-13,18-19H,6-9H2,1H3,(H2,31,32,34). The van der Waals surface area contributed by atoms with E-state index in [0.29, 0.717) is 17.8 Å². The molecule has 0 aliphatic heterocycles. The van der Waals surface area contributed by atoms with Crippen molar-refractivity contribution in [2.75, 3.05) is 10.6 Å². The summed E-state index contributed by atoms with van der Waals surface area (Å²) in [6, 6.07) is 7.04. The summed E-state index contributed by atoms with van der Waals surface area (Å²) in [5.41, 5.74) is 1.41. The molecular formula is C25H23F3N4O4. The van der Waals surface area contributed by atoms with Crippen LogP contribution in [0.25, 0.3) is 11.1 Å². The first-order chi connectivity index (χ1) is 17.3. The predicted octanol–water partition coefficient (Wildman–Crippen LogP) is 5.46. The van der Waals surface area contributed by atoms with Crippen molar-refractivity contribution in [2.45, 2.75) is 44.8 Å². The monoisotopic (exact) mass is 500 g/mol. The fourth-order valence-electron chi connectivity index (χ4n) is 3.83. The highest BCUT2D eigenvalue weighted by Gasteiger charge is 2.25. The number of hydrogen-bond acceptors (Lipinski definition) is 6. The van der Waals surface area contributed by atoms with Gasteiger partial charge in [-0.15, -0.1) is 0 Å². The van der Waals surface area contributed by atoms with E-state index in [2.05, 4.69) is 20.6 Å². The van der Waals surface area contributed by atoms with E-state index in [4.69, 9.17) is 9.47 Å². The minimum atomic E-state index is -1.35. The number of benzene rings is 2. The van der Waals surface area contributed by atoms with Crippen molar-refractivity contribution in [3.05, 3.63) is 66.2 Å². The topological polar surface area (TPSA) is 102 Å². The van der Waals surface area contributed by atoms with E-state index in [-0.39, 0.29) is 24.2 Å². The van der Waals surface area contributed by atoms with E-state index in [1.54, 1.807) is 36.7 Å². The maximum absolute atomic E-state index is 13.7. The van der Waals surface area contributed by atoms with E-state index in [9.17, 15) is 22.8 Å². The Bertz CT molecular complexity index is 1230. The Hall–Kier alpha value is -4.15. The molecule has 188 valence electrons. The van der Waals surface area contributed by atoms with Crippen molar-refractivity contribution >= 4 is 23.4 Å². The molecular weight excluding hydrogens is 477 g/mol. The van der Waals surface area contributed by atoms with Gasteiger partial charge in [0, 0.05) is 42.7 Å². The van der Waals surface area contributed by atoms with Crippen molar-refractivity contribution in [1.29, 1.82) is 0 Å². The summed E-state index contributed by atoms with van der Waals surface area (Å²) in [7, 11) is 0. The quantitative estimate of drug-likeness (QED) is 0.344. The minimum absolute atomic E-state index is 0.0426. The van der Waals surface area contributed by atoms with E-state index in [1.165, 1.54) is 6.92 Å². The number of ether oxygens (including phenoxy) is 2. The fourth-order valence-corrected chi connectivity index (χ4v) is 3.83. The molecule has 0 radical (unpaired) electrons. The van der Waals surface area contributed by atoms with Crippen LogP contribution in [-0.4, -0.2) is 34.2 Å². The molecule has 1 fully saturated rings. The molecule has 0 atom stereocenters. The van der Waals surface area contributed by atoms with Gasteiger partial charge in [-0.1, -0.05) is 12.1 Å². The van der Waals surface area contributed by atoms with Gasteiger partial charge in [-0.05, 0) is 43.4 Å². The molecule has 1 saturated carbocycles. The van der Waals surface area contributed by atoms with E-state index in [0.717, 1.165) is 36.8 Å². The predicted molar refractivity (Wildman–Crippen MR) is 125 cm³/mol. The van der Waals surface area contributed by atoms with Crippen LogP contribution >= 0.6 is 0 Å². The fraction of sp³-hybridized carbons (Fsp3) is 0.280. The molecule has 36 heavy (non-hydrogen) atoms. The Kier molecular flexibility index (Phi) is 7.67. The number of halogens is 3. The summed E-state index contributed by atoms with van der Waals surface area (Å²) in [5, 5.41) is 4.62. The van der Waals surface area contributed by atoms with Crippen LogP contribution < -0.4 is 15.4 Å². The van der Waals surface area contributed by atoms with Crippen LogP contribution in [0.15, 0.2) is 48.8 Å². The molecule has 3 aromatic rings. The average molecular weight is 500 g/mol. The van der Waals surface area contributed by atoms with Gasteiger partial charge in [-0.3, -0.25) is 4.79 Å². The van der Waals surface area contributed by atoms with E-state index in [1.807, 2.05) is 0 Å². The van der Waals surface area contributed by atoms with E-state index < -0.39 is 29.2 Å². The number of hydrogen-bond donors (Lipinski definition) is 2. The van der Waals surface area contributed by atoms with Crippen molar-refractivity contribution in [3.63, 3.8) is 0 Å². The first kappa shape index (κ1) is 25.0. The number of nitrogens with zero attached hydrogens (tertiary/aromatic N) is 2. The van der Waals surface area contributed by atoms with Crippen LogP contribution in [0, 0.1) is 17.5 Å². The van der Waals surface area contributed by atoms with Gasteiger partial charge in [-0.25, -0.2) is 27.9 Å². The van der Waals surface area contributed by atoms with Crippen molar-refractivity contribution in [1.82, 2.24) is 9.97 Å². The SMILES string of the molecule is CC(=O)OC1CCC(Oc2ncc(-c3ccc(NC(=O)Nc4cc(F)c(F)cc4F)cc3)cn2)CC1. The summed E-state index contributed by atoms with van der Waals surface area (Å²) in [5.74, 6) is -3.99. The lowest BCUT2D eigenvalue weighted by molar-refractivity contribution is -0.148. The van der Waals surface area contributed by atoms with Gasteiger partial charge in [0.2, 0.25) is 0 Å². The molecule has 2 aromatic carbocycles. The third kappa shape index (κ3) is 6.49. The van der Waals surface area contributed by atoms with Crippen LogP contribution in [0.1, 0.15) is 32.6 Å². The molecule has 8 nitrogen and oxygen atoms in total. The molecule has 1 aliphatic rings. The highest BCUT2D eigenvalue weighted by molar-refractivity contribution is 5.99. The van der Waals surface area contributed by atoms with Crippen molar-refractivity contribution in [3.8, 4) is 17.1 Å².